The first-order valence-corrected chi connectivity index (χ1v) is 36.7. The molecular weight excluding hydrogens is 1420 g/mol. The minimum atomic E-state index is -1.42. The number of benzene rings is 9. The Kier molecular flexibility index (Phi) is 20.5. The molecule has 6 amide bonds. The van der Waals surface area contributed by atoms with Crippen molar-refractivity contribution in [2.24, 2.45) is 11.8 Å². The quantitative estimate of drug-likeness (QED) is 0.00944. The number of esters is 4. The Morgan fingerprint density at radius 3 is 0.809 bits per heavy atom. The highest BCUT2D eigenvalue weighted by molar-refractivity contribution is 6.45. The van der Waals surface area contributed by atoms with Crippen molar-refractivity contribution in [1.82, 2.24) is 19.6 Å². The molecule has 0 radical (unpaired) electrons. The highest BCUT2D eigenvalue weighted by atomic mass is 16.6. The van der Waals surface area contributed by atoms with Gasteiger partial charge in [0.25, 0.3) is 23.6 Å². The summed E-state index contributed by atoms with van der Waals surface area (Å²) >= 11 is 0. The summed E-state index contributed by atoms with van der Waals surface area (Å²) in [5, 5.41) is 0.147. The second-order valence-corrected chi connectivity index (χ2v) is 29.1. The van der Waals surface area contributed by atoms with E-state index in [-0.39, 0.29) is 209 Å². The van der Waals surface area contributed by atoms with Crippen LogP contribution in [0.2, 0.25) is 0 Å². The Balaban J connectivity index is 1.08. The van der Waals surface area contributed by atoms with E-state index < -0.39 is 71.4 Å². The van der Waals surface area contributed by atoms with E-state index in [1.807, 2.05) is 27.7 Å². The second-order valence-electron chi connectivity index (χ2n) is 29.1. The molecule has 0 aromatic heterocycles. The summed E-state index contributed by atoms with van der Waals surface area (Å²) < 4.78 is 71.9. The highest BCUT2D eigenvalue weighted by Crippen LogP contribution is 2.58. The lowest BCUT2D eigenvalue weighted by atomic mass is 9.80. The normalized spacial score (nSPS) is 17.9. The van der Waals surface area contributed by atoms with Crippen LogP contribution in [0.25, 0.3) is 43.1 Å². The average Bonchev–Trinajstić information content (AvgIpc) is 0.967. The summed E-state index contributed by atoms with van der Waals surface area (Å²) in [5.41, 5.74) is -0.458. The summed E-state index contributed by atoms with van der Waals surface area (Å²) in [5.74, 6) is -8.82. The first-order chi connectivity index (χ1) is 53.1. The smallest absolute Gasteiger partial charge is 0.337 e. The van der Waals surface area contributed by atoms with E-state index in [1.54, 1.807) is 58.3 Å². The summed E-state index contributed by atoms with van der Waals surface area (Å²) in [6.07, 6.45) is 1.64. The van der Waals surface area contributed by atoms with Crippen LogP contribution in [-0.4, -0.2) is 196 Å². The van der Waals surface area contributed by atoms with Crippen LogP contribution < -0.4 is 18.9 Å². The predicted octanol–water partition coefficient (Wildman–Crippen LogP) is 12.9. The maximum atomic E-state index is 16.7. The van der Waals surface area contributed by atoms with Crippen molar-refractivity contribution in [1.29, 1.82) is 0 Å². The van der Waals surface area contributed by atoms with Crippen molar-refractivity contribution < 1.29 is 105 Å². The molecule has 0 N–H and O–H groups in total. The maximum absolute atomic E-state index is 16.7. The first-order valence-electron chi connectivity index (χ1n) is 36.7. The van der Waals surface area contributed by atoms with E-state index in [4.69, 9.17) is 56.8 Å². The van der Waals surface area contributed by atoms with Gasteiger partial charge in [0.1, 0.15) is 58.1 Å². The maximum Gasteiger partial charge on any atom is 0.337 e. The Bertz CT molecular complexity index is 4660. The molecule has 568 valence electrons. The number of hydrogen-bond acceptors (Lipinski definition) is 22. The SMILES string of the molecule is COC(=O)c1cccc(Oc2cc3c4c(cc(Oc5cccc(C(=O)OC)c5)c5c6c(Oc7cccc(C(=O)OC)c7)cc7c8c(cc(Oc9cccc(C(=O)OC)c9)c(c2c45)c86)C(=O)N(C(CC(C)C)C(=O)N(CCC2CO2)CCC2CO2)C7=O)C(=O)N(C(CC(C)C)C(=O)N(CCC2CO2)CCC2CO2)C3=O)c1. The topological polar surface area (TPSA) is 308 Å². The standard InChI is InChI=1S/C84H80N4O22/c1-43(2)29-61(79(93)85(25-21-53-39-103-53)26-22-54-40-104-54)87-75(89)57-35-63(107-49-17-9-13-45(31-49)81(95)99-5)69-71-65(109-51-19-11-15-47(33-51)83(97)101-7)37-59-68-60(78(92)88(77(59)91)62(30-44(3)4)80(94)86(27-23-55-41-105-55)28-24-56-42-106-56)38-66(110-52-20-12-16-48(34-52)84(98)102-8)72(74(68)71)70-64(36-58(76(87)90)67(57)73(69)70)108-50-18-10-14-46(32-50)82(96)100-6/h9-20,31-38,43-44,53-56,61-62H,21-30,39-42H2,1-8H3. The monoisotopic (exact) mass is 1500 g/mol. The van der Waals surface area contributed by atoms with Gasteiger partial charge in [-0.15, -0.1) is 0 Å². The van der Waals surface area contributed by atoms with Gasteiger partial charge in [-0.2, -0.15) is 0 Å². The largest absolute Gasteiger partial charge is 0.465 e. The molecule has 0 bridgehead atoms. The average molecular weight is 1500 g/mol. The van der Waals surface area contributed by atoms with Gasteiger partial charge in [0.2, 0.25) is 11.8 Å². The molecule has 110 heavy (non-hydrogen) atoms. The first kappa shape index (κ1) is 73.9. The third kappa shape index (κ3) is 14.7. The van der Waals surface area contributed by atoms with E-state index in [1.165, 1.54) is 101 Å². The second kappa shape index (κ2) is 30.5. The molecule has 6 aliphatic heterocycles. The Hall–Kier alpha value is -11.6. The van der Waals surface area contributed by atoms with E-state index >= 15 is 28.8 Å². The zero-order valence-electron chi connectivity index (χ0n) is 61.8. The third-order valence-electron chi connectivity index (χ3n) is 20.6. The molecule has 0 spiro atoms. The number of rotatable bonds is 32. The van der Waals surface area contributed by atoms with Crippen LogP contribution in [0, 0.1) is 11.8 Å². The number of ether oxygens (including phenoxy) is 12. The molecule has 0 aliphatic carbocycles. The molecule has 9 aromatic rings. The number of methoxy groups -OCH3 is 4. The van der Waals surface area contributed by atoms with Gasteiger partial charge in [0.05, 0.1) is 124 Å². The minimum absolute atomic E-state index is 0.00462. The van der Waals surface area contributed by atoms with Crippen LogP contribution in [0.5, 0.6) is 46.0 Å². The summed E-state index contributed by atoms with van der Waals surface area (Å²) in [4.78, 5) is 158. The van der Waals surface area contributed by atoms with Crippen LogP contribution >= 0.6 is 0 Å². The lowest BCUT2D eigenvalue weighted by Crippen LogP contribution is -2.55. The molecule has 4 saturated heterocycles. The molecular formula is C84H80N4O22. The number of carbonyl (C=O) groups excluding carboxylic acids is 10. The van der Waals surface area contributed by atoms with Crippen molar-refractivity contribution in [2.75, 3.05) is 81.0 Å². The number of nitrogens with zero attached hydrogens (tertiary/aromatic N) is 4. The Morgan fingerprint density at radius 1 is 0.364 bits per heavy atom. The molecule has 26 nitrogen and oxygen atoms in total. The van der Waals surface area contributed by atoms with Gasteiger partial charge in [0, 0.05) is 69.3 Å². The number of fused-ring (bicyclic) bond motifs is 2. The van der Waals surface area contributed by atoms with Crippen LogP contribution in [0.3, 0.4) is 0 Å². The Morgan fingerprint density at radius 2 is 0.600 bits per heavy atom. The number of carbonyl (C=O) groups is 10. The van der Waals surface area contributed by atoms with Gasteiger partial charge in [-0.1, -0.05) is 52.0 Å². The fraction of sp³-hybridized carbons (Fsp3) is 0.357. The number of amides is 6. The van der Waals surface area contributed by atoms with E-state index in [0.717, 1.165) is 9.80 Å². The molecule has 26 heteroatoms. The number of imide groups is 2. The third-order valence-corrected chi connectivity index (χ3v) is 20.6. The van der Waals surface area contributed by atoms with Crippen LogP contribution in [0.1, 0.15) is 149 Å². The van der Waals surface area contributed by atoms with Crippen LogP contribution in [0.15, 0.2) is 121 Å². The zero-order valence-corrected chi connectivity index (χ0v) is 61.8. The van der Waals surface area contributed by atoms with Crippen LogP contribution in [-0.2, 0) is 47.5 Å². The molecule has 15 rings (SSSR count). The van der Waals surface area contributed by atoms with Gasteiger partial charge in [-0.05, 0) is 147 Å². The molecule has 6 atom stereocenters. The van der Waals surface area contributed by atoms with E-state index in [0.29, 0.717) is 52.1 Å². The Labute approximate surface area is 631 Å². The molecule has 0 saturated carbocycles. The molecule has 6 heterocycles. The van der Waals surface area contributed by atoms with Gasteiger partial charge in [-0.3, -0.25) is 38.6 Å². The van der Waals surface area contributed by atoms with Crippen molar-refractivity contribution in [2.45, 2.75) is 103 Å². The lowest BCUT2D eigenvalue weighted by molar-refractivity contribution is -0.137. The molecule has 6 unspecified atom stereocenters. The van der Waals surface area contributed by atoms with Crippen molar-refractivity contribution in [3.05, 3.63) is 166 Å². The van der Waals surface area contributed by atoms with Crippen molar-refractivity contribution in [3.63, 3.8) is 0 Å². The predicted molar refractivity (Wildman–Crippen MR) is 397 cm³/mol. The van der Waals surface area contributed by atoms with Crippen molar-refractivity contribution in [3.8, 4) is 46.0 Å². The van der Waals surface area contributed by atoms with E-state index in [2.05, 4.69) is 0 Å². The molecule has 6 aliphatic rings. The van der Waals surface area contributed by atoms with Gasteiger partial charge < -0.3 is 66.6 Å². The lowest BCUT2D eigenvalue weighted by Gasteiger charge is -2.38. The van der Waals surface area contributed by atoms with Crippen LogP contribution in [0.4, 0.5) is 0 Å². The summed E-state index contributed by atoms with van der Waals surface area (Å²) in [7, 11) is 4.86. The number of hydrogen-bond donors (Lipinski definition) is 0. The highest BCUT2D eigenvalue weighted by Gasteiger charge is 2.48. The van der Waals surface area contributed by atoms with Crippen molar-refractivity contribution >= 4 is 102 Å². The van der Waals surface area contributed by atoms with Gasteiger partial charge in [-0.25, -0.2) is 19.2 Å². The molecule has 9 aromatic carbocycles. The fourth-order valence-electron chi connectivity index (χ4n) is 14.9. The van der Waals surface area contributed by atoms with Gasteiger partial charge >= 0.3 is 23.9 Å². The molecule has 4 fully saturated rings. The minimum Gasteiger partial charge on any atom is -0.465 e. The fourth-order valence-corrected chi connectivity index (χ4v) is 14.9. The summed E-state index contributed by atoms with van der Waals surface area (Å²) in [6.45, 7) is 10.5. The van der Waals surface area contributed by atoms with Gasteiger partial charge in [0.15, 0.2) is 0 Å². The zero-order chi connectivity index (χ0) is 77.1. The van der Waals surface area contributed by atoms with E-state index in [9.17, 15) is 19.2 Å². The summed E-state index contributed by atoms with van der Waals surface area (Å²) in [6, 6.07) is 26.9. The number of epoxide rings is 4.